The van der Waals surface area contributed by atoms with Crippen LogP contribution in [0.5, 0.6) is 0 Å². The molecule has 0 bridgehead atoms. The Bertz CT molecular complexity index is 856. The Kier molecular flexibility index (Phi) is 5.48. The maximum Gasteiger partial charge on any atom is 0.332 e. The first-order valence-corrected chi connectivity index (χ1v) is 7.53. The first-order valence-electron chi connectivity index (χ1n) is 7.53. The SMILES string of the molecule is CCCCn1c(=O)cc(NN)n(Cc2ccccc2[N+](=O)[O-])c1=O. The molecule has 128 valence electrons. The molecular formula is C15H19N5O4. The lowest BCUT2D eigenvalue weighted by molar-refractivity contribution is -0.385. The lowest BCUT2D eigenvalue weighted by Gasteiger charge is -2.14. The second-order valence-corrected chi connectivity index (χ2v) is 5.27. The van der Waals surface area contributed by atoms with Crippen LogP contribution >= 0.6 is 0 Å². The maximum atomic E-state index is 12.6. The van der Waals surface area contributed by atoms with Crippen LogP contribution in [0.1, 0.15) is 25.3 Å². The number of hydrazine groups is 1. The minimum atomic E-state index is -0.554. The van der Waals surface area contributed by atoms with E-state index >= 15 is 0 Å². The molecule has 2 rings (SSSR count). The van der Waals surface area contributed by atoms with Gasteiger partial charge in [0.1, 0.15) is 5.82 Å². The number of aromatic nitrogens is 2. The van der Waals surface area contributed by atoms with Gasteiger partial charge in [-0.3, -0.25) is 24.0 Å². The van der Waals surface area contributed by atoms with E-state index in [1.165, 1.54) is 16.7 Å². The van der Waals surface area contributed by atoms with Crippen LogP contribution in [0.15, 0.2) is 39.9 Å². The number of hydrogen-bond donors (Lipinski definition) is 2. The van der Waals surface area contributed by atoms with Crippen molar-refractivity contribution in [2.75, 3.05) is 5.43 Å². The molecule has 0 amide bonds. The second-order valence-electron chi connectivity index (χ2n) is 5.27. The lowest BCUT2D eigenvalue weighted by atomic mass is 10.2. The van der Waals surface area contributed by atoms with E-state index in [0.29, 0.717) is 12.0 Å². The van der Waals surface area contributed by atoms with Gasteiger partial charge in [-0.2, -0.15) is 0 Å². The summed E-state index contributed by atoms with van der Waals surface area (Å²) in [6.45, 7) is 2.17. The van der Waals surface area contributed by atoms with E-state index in [-0.39, 0.29) is 24.6 Å². The molecule has 3 N–H and O–H groups in total. The molecule has 0 saturated heterocycles. The van der Waals surface area contributed by atoms with Crippen molar-refractivity contribution >= 4 is 11.5 Å². The summed E-state index contributed by atoms with van der Waals surface area (Å²) in [5.74, 6) is 5.51. The molecule has 0 radical (unpaired) electrons. The summed E-state index contributed by atoms with van der Waals surface area (Å²) < 4.78 is 2.33. The van der Waals surface area contributed by atoms with Crippen molar-refractivity contribution in [2.45, 2.75) is 32.9 Å². The van der Waals surface area contributed by atoms with E-state index < -0.39 is 16.2 Å². The van der Waals surface area contributed by atoms with Crippen molar-refractivity contribution < 1.29 is 4.92 Å². The van der Waals surface area contributed by atoms with E-state index in [1.807, 2.05) is 6.92 Å². The number of nitrogens with one attached hydrogen (secondary N) is 1. The van der Waals surface area contributed by atoms with Gasteiger partial charge in [-0.1, -0.05) is 31.5 Å². The summed E-state index contributed by atoms with van der Waals surface area (Å²) in [6.07, 6.45) is 1.50. The quantitative estimate of drug-likeness (QED) is 0.443. The van der Waals surface area contributed by atoms with E-state index in [2.05, 4.69) is 5.43 Å². The van der Waals surface area contributed by atoms with E-state index in [1.54, 1.807) is 18.2 Å². The van der Waals surface area contributed by atoms with Crippen molar-refractivity contribution in [3.8, 4) is 0 Å². The van der Waals surface area contributed by atoms with Gasteiger partial charge in [-0.15, -0.1) is 0 Å². The number of nitrogens with zero attached hydrogens (tertiary/aromatic N) is 3. The van der Waals surface area contributed by atoms with Crippen molar-refractivity contribution in [1.29, 1.82) is 0 Å². The maximum absolute atomic E-state index is 12.6. The molecule has 1 aromatic carbocycles. The Morgan fingerprint density at radius 3 is 2.58 bits per heavy atom. The van der Waals surface area contributed by atoms with E-state index in [9.17, 15) is 19.7 Å². The highest BCUT2D eigenvalue weighted by molar-refractivity contribution is 5.41. The first-order chi connectivity index (χ1) is 11.5. The van der Waals surface area contributed by atoms with E-state index in [0.717, 1.165) is 11.0 Å². The van der Waals surface area contributed by atoms with Crippen molar-refractivity contribution in [1.82, 2.24) is 9.13 Å². The fraction of sp³-hybridized carbons (Fsp3) is 0.333. The standard InChI is InChI=1S/C15H19N5O4/c1-2-3-8-18-14(21)9-13(17-16)19(15(18)22)10-11-6-4-5-7-12(11)20(23)24/h4-7,9,17H,2-3,8,10,16H2,1H3. The summed E-state index contributed by atoms with van der Waals surface area (Å²) in [5, 5.41) is 11.1. The average Bonchev–Trinajstić information content (AvgIpc) is 2.57. The van der Waals surface area contributed by atoms with Gasteiger partial charge in [0, 0.05) is 24.2 Å². The molecule has 0 aliphatic rings. The molecule has 0 unspecified atom stereocenters. The van der Waals surface area contributed by atoms with Gasteiger partial charge in [0.15, 0.2) is 0 Å². The third-order valence-electron chi connectivity index (χ3n) is 3.68. The highest BCUT2D eigenvalue weighted by atomic mass is 16.6. The largest absolute Gasteiger partial charge is 0.332 e. The Morgan fingerprint density at radius 2 is 1.96 bits per heavy atom. The summed E-state index contributed by atoms with van der Waals surface area (Å²) in [6, 6.07) is 7.34. The van der Waals surface area contributed by atoms with Crippen LogP contribution in [0.2, 0.25) is 0 Å². The van der Waals surface area contributed by atoms with Crippen LogP contribution in [0.25, 0.3) is 0 Å². The minimum absolute atomic E-state index is 0.0675. The Labute approximate surface area is 137 Å². The van der Waals surface area contributed by atoms with Gasteiger partial charge < -0.3 is 5.43 Å². The smallest absolute Gasteiger partial charge is 0.310 e. The number of anilines is 1. The van der Waals surface area contributed by atoms with Crippen LogP contribution in [-0.2, 0) is 13.1 Å². The second kappa shape index (κ2) is 7.55. The monoisotopic (exact) mass is 333 g/mol. The van der Waals surface area contributed by atoms with Gasteiger partial charge in [0.25, 0.3) is 11.2 Å². The molecule has 24 heavy (non-hydrogen) atoms. The van der Waals surface area contributed by atoms with Gasteiger partial charge in [-0.05, 0) is 6.42 Å². The normalized spacial score (nSPS) is 10.6. The topological polar surface area (TPSA) is 125 Å². The number of nitro groups is 1. The zero-order chi connectivity index (χ0) is 17.7. The number of unbranched alkanes of at least 4 members (excludes halogenated alkanes) is 1. The Hall–Kier alpha value is -2.94. The van der Waals surface area contributed by atoms with Crippen molar-refractivity contribution in [2.24, 2.45) is 5.84 Å². The summed E-state index contributed by atoms with van der Waals surface area (Å²) in [7, 11) is 0. The molecule has 9 nitrogen and oxygen atoms in total. The molecule has 1 heterocycles. The summed E-state index contributed by atoms with van der Waals surface area (Å²) >= 11 is 0. The molecule has 0 aliphatic carbocycles. The van der Waals surface area contributed by atoms with Crippen LogP contribution < -0.4 is 22.5 Å². The predicted octanol–water partition coefficient (Wildman–Crippen LogP) is 1.05. The molecule has 2 aromatic rings. The van der Waals surface area contributed by atoms with Crippen molar-refractivity contribution in [3.63, 3.8) is 0 Å². The number of para-hydroxylation sites is 1. The molecule has 0 atom stereocenters. The number of rotatable bonds is 7. The van der Waals surface area contributed by atoms with Gasteiger partial charge >= 0.3 is 5.69 Å². The number of nitro benzene ring substituents is 1. The third-order valence-corrected chi connectivity index (χ3v) is 3.68. The molecular weight excluding hydrogens is 314 g/mol. The fourth-order valence-electron chi connectivity index (χ4n) is 2.40. The molecule has 1 aromatic heterocycles. The zero-order valence-electron chi connectivity index (χ0n) is 13.3. The fourth-order valence-corrected chi connectivity index (χ4v) is 2.40. The highest BCUT2D eigenvalue weighted by Gasteiger charge is 2.17. The number of nitrogen functional groups attached to an aromatic ring is 1. The molecule has 0 aliphatic heterocycles. The molecule has 0 fully saturated rings. The molecule has 9 heteroatoms. The predicted molar refractivity (Wildman–Crippen MR) is 89.9 cm³/mol. The molecule has 0 saturated carbocycles. The summed E-state index contributed by atoms with van der Waals surface area (Å²) in [4.78, 5) is 35.3. The number of nitrogens with two attached hydrogens (primary N) is 1. The average molecular weight is 333 g/mol. The lowest BCUT2D eigenvalue weighted by Crippen LogP contribution is -2.41. The first kappa shape index (κ1) is 17.4. The van der Waals surface area contributed by atoms with Gasteiger partial charge in [-0.25, -0.2) is 10.6 Å². The van der Waals surface area contributed by atoms with Gasteiger partial charge in [0.05, 0.1) is 11.5 Å². The van der Waals surface area contributed by atoms with Crippen LogP contribution in [0.4, 0.5) is 11.5 Å². The third kappa shape index (κ3) is 3.51. The van der Waals surface area contributed by atoms with Gasteiger partial charge in [0.2, 0.25) is 0 Å². The summed E-state index contributed by atoms with van der Waals surface area (Å²) in [5.41, 5.74) is 1.55. The van der Waals surface area contributed by atoms with Crippen molar-refractivity contribution in [3.05, 3.63) is 66.8 Å². The number of benzene rings is 1. The van der Waals surface area contributed by atoms with Crippen LogP contribution in [0.3, 0.4) is 0 Å². The van der Waals surface area contributed by atoms with Crippen LogP contribution in [0, 0.1) is 10.1 Å². The van der Waals surface area contributed by atoms with Crippen LogP contribution in [-0.4, -0.2) is 14.1 Å². The van der Waals surface area contributed by atoms with E-state index in [4.69, 9.17) is 5.84 Å². The highest BCUT2D eigenvalue weighted by Crippen LogP contribution is 2.19. The zero-order valence-corrected chi connectivity index (χ0v) is 13.3. The Morgan fingerprint density at radius 1 is 1.25 bits per heavy atom. The Balaban J connectivity index is 2.56. The number of hydrogen-bond acceptors (Lipinski definition) is 6. The molecule has 0 spiro atoms. The minimum Gasteiger partial charge on any atom is -0.310 e.